The predicted octanol–water partition coefficient (Wildman–Crippen LogP) is 4.63. The van der Waals surface area contributed by atoms with Crippen LogP contribution >= 0.6 is 24.0 Å². The molecule has 2 aromatic rings. The van der Waals surface area contributed by atoms with Gasteiger partial charge >= 0.3 is 0 Å². The highest BCUT2D eigenvalue weighted by Crippen LogP contribution is 2.36. The average molecular weight is 354 g/mol. The molecule has 0 bridgehead atoms. The molecule has 0 saturated heterocycles. The topological polar surface area (TPSA) is 30.5 Å². The molecule has 0 aliphatic rings. The zero-order valence-electron chi connectivity index (χ0n) is 13.0. The van der Waals surface area contributed by atoms with Crippen molar-refractivity contribution in [3.05, 3.63) is 71.3 Å². The lowest BCUT2D eigenvalue weighted by Gasteiger charge is -2.14. The minimum atomic E-state index is 0. The standard InChI is InChI=1S/C18H20ClNO2.ClH/c1-3-9-20-12-15-10-16(19)18(17(11-15)21-2)22-13-14-7-5-4-6-8-14;/h3-8,10-11,20H,1,9,12-13H2,2H3;1H. The van der Waals surface area contributed by atoms with Gasteiger partial charge in [-0.3, -0.25) is 0 Å². The number of rotatable bonds is 8. The molecule has 0 saturated carbocycles. The number of nitrogens with one attached hydrogen (secondary N) is 1. The minimum Gasteiger partial charge on any atom is -0.493 e. The van der Waals surface area contributed by atoms with Crippen molar-refractivity contribution in [1.29, 1.82) is 0 Å². The van der Waals surface area contributed by atoms with Gasteiger partial charge in [0.05, 0.1) is 12.1 Å². The molecule has 0 heterocycles. The van der Waals surface area contributed by atoms with Gasteiger partial charge in [-0.15, -0.1) is 19.0 Å². The van der Waals surface area contributed by atoms with E-state index in [0.29, 0.717) is 29.7 Å². The molecule has 0 aliphatic heterocycles. The van der Waals surface area contributed by atoms with Crippen LogP contribution in [0.15, 0.2) is 55.1 Å². The highest BCUT2D eigenvalue weighted by atomic mass is 35.5. The molecule has 2 rings (SSSR count). The zero-order chi connectivity index (χ0) is 15.8. The van der Waals surface area contributed by atoms with E-state index in [2.05, 4.69) is 11.9 Å². The van der Waals surface area contributed by atoms with Crippen molar-refractivity contribution >= 4 is 24.0 Å². The molecule has 0 unspecified atom stereocenters. The fourth-order valence-corrected chi connectivity index (χ4v) is 2.35. The maximum atomic E-state index is 6.34. The van der Waals surface area contributed by atoms with Crippen molar-refractivity contribution < 1.29 is 9.47 Å². The van der Waals surface area contributed by atoms with E-state index in [-0.39, 0.29) is 12.4 Å². The maximum Gasteiger partial charge on any atom is 0.180 e. The Balaban J connectivity index is 0.00000264. The molecule has 0 amide bonds. The van der Waals surface area contributed by atoms with E-state index in [0.717, 1.165) is 17.7 Å². The third-order valence-electron chi connectivity index (χ3n) is 3.13. The second-order valence-corrected chi connectivity index (χ2v) is 5.21. The van der Waals surface area contributed by atoms with Crippen LogP contribution in [0.25, 0.3) is 0 Å². The summed E-state index contributed by atoms with van der Waals surface area (Å²) >= 11 is 6.34. The average Bonchev–Trinajstić information content (AvgIpc) is 2.54. The zero-order valence-corrected chi connectivity index (χ0v) is 14.6. The highest BCUT2D eigenvalue weighted by Gasteiger charge is 2.12. The first-order valence-electron chi connectivity index (χ1n) is 7.09. The van der Waals surface area contributed by atoms with Gasteiger partial charge in [0, 0.05) is 13.1 Å². The molecule has 23 heavy (non-hydrogen) atoms. The van der Waals surface area contributed by atoms with Gasteiger partial charge in [-0.1, -0.05) is 48.0 Å². The molecule has 0 aliphatic carbocycles. The lowest BCUT2D eigenvalue weighted by Crippen LogP contribution is -2.12. The first-order chi connectivity index (χ1) is 10.7. The Labute approximate surface area is 148 Å². The predicted molar refractivity (Wildman–Crippen MR) is 97.9 cm³/mol. The summed E-state index contributed by atoms with van der Waals surface area (Å²) in [5.74, 6) is 1.21. The lowest BCUT2D eigenvalue weighted by atomic mass is 10.2. The van der Waals surface area contributed by atoms with Crippen LogP contribution in [0.3, 0.4) is 0 Å². The SMILES string of the molecule is C=CCNCc1cc(Cl)c(OCc2ccccc2)c(OC)c1.Cl. The highest BCUT2D eigenvalue weighted by molar-refractivity contribution is 6.32. The van der Waals surface area contributed by atoms with Crippen LogP contribution in [0.5, 0.6) is 11.5 Å². The van der Waals surface area contributed by atoms with Gasteiger partial charge in [-0.2, -0.15) is 0 Å². The molecule has 0 spiro atoms. The Hall–Kier alpha value is -1.68. The molecule has 0 radical (unpaired) electrons. The fourth-order valence-electron chi connectivity index (χ4n) is 2.06. The summed E-state index contributed by atoms with van der Waals surface area (Å²) in [6.45, 7) is 5.56. The second kappa shape index (κ2) is 10.2. The van der Waals surface area contributed by atoms with Gasteiger partial charge in [-0.25, -0.2) is 0 Å². The van der Waals surface area contributed by atoms with Crippen molar-refractivity contribution in [2.45, 2.75) is 13.2 Å². The van der Waals surface area contributed by atoms with Crippen LogP contribution in [-0.2, 0) is 13.2 Å². The van der Waals surface area contributed by atoms with E-state index < -0.39 is 0 Å². The van der Waals surface area contributed by atoms with Gasteiger partial charge in [0.15, 0.2) is 11.5 Å². The summed E-state index contributed by atoms with van der Waals surface area (Å²) in [6, 6.07) is 13.8. The van der Waals surface area contributed by atoms with Gasteiger partial charge in [0.1, 0.15) is 6.61 Å². The molecule has 124 valence electrons. The van der Waals surface area contributed by atoms with Crippen LogP contribution in [-0.4, -0.2) is 13.7 Å². The first kappa shape index (κ1) is 19.4. The Bertz CT molecular complexity index is 618. The van der Waals surface area contributed by atoms with Crippen molar-refractivity contribution in [3.63, 3.8) is 0 Å². The quantitative estimate of drug-likeness (QED) is 0.554. The lowest BCUT2D eigenvalue weighted by molar-refractivity contribution is 0.284. The van der Waals surface area contributed by atoms with Crippen molar-refractivity contribution in [3.8, 4) is 11.5 Å². The smallest absolute Gasteiger partial charge is 0.180 e. The van der Waals surface area contributed by atoms with Crippen LogP contribution in [0, 0.1) is 0 Å². The van der Waals surface area contributed by atoms with Gasteiger partial charge in [0.25, 0.3) is 0 Å². The summed E-state index contributed by atoms with van der Waals surface area (Å²) in [7, 11) is 1.61. The van der Waals surface area contributed by atoms with Gasteiger partial charge in [0.2, 0.25) is 0 Å². The van der Waals surface area contributed by atoms with E-state index >= 15 is 0 Å². The molecule has 5 heteroatoms. The van der Waals surface area contributed by atoms with Gasteiger partial charge < -0.3 is 14.8 Å². The van der Waals surface area contributed by atoms with Crippen LogP contribution in [0.1, 0.15) is 11.1 Å². The van der Waals surface area contributed by atoms with E-state index in [1.54, 1.807) is 7.11 Å². The molecule has 2 aromatic carbocycles. The maximum absolute atomic E-state index is 6.34. The Morgan fingerprint density at radius 2 is 1.91 bits per heavy atom. The van der Waals surface area contributed by atoms with Crippen molar-refractivity contribution in [2.24, 2.45) is 0 Å². The molecule has 0 atom stereocenters. The van der Waals surface area contributed by atoms with E-state index in [1.165, 1.54) is 0 Å². The third-order valence-corrected chi connectivity index (χ3v) is 3.41. The molecule has 0 fully saturated rings. The summed E-state index contributed by atoms with van der Waals surface area (Å²) in [5.41, 5.74) is 2.12. The molecular weight excluding hydrogens is 333 g/mol. The Kier molecular flexibility index (Phi) is 8.56. The molecule has 1 N–H and O–H groups in total. The Morgan fingerprint density at radius 3 is 2.57 bits per heavy atom. The van der Waals surface area contributed by atoms with Crippen LogP contribution in [0.2, 0.25) is 5.02 Å². The number of methoxy groups -OCH3 is 1. The number of ether oxygens (including phenoxy) is 2. The Morgan fingerprint density at radius 1 is 1.17 bits per heavy atom. The summed E-state index contributed by atoms with van der Waals surface area (Å²) < 4.78 is 11.2. The van der Waals surface area contributed by atoms with E-state index in [4.69, 9.17) is 21.1 Å². The monoisotopic (exact) mass is 353 g/mol. The minimum absolute atomic E-state index is 0. The van der Waals surface area contributed by atoms with Crippen LogP contribution < -0.4 is 14.8 Å². The third kappa shape index (κ3) is 5.79. The fraction of sp³-hybridized carbons (Fsp3) is 0.222. The molecule has 0 aromatic heterocycles. The molecule has 3 nitrogen and oxygen atoms in total. The largest absolute Gasteiger partial charge is 0.493 e. The van der Waals surface area contributed by atoms with Crippen molar-refractivity contribution in [2.75, 3.05) is 13.7 Å². The summed E-state index contributed by atoms with van der Waals surface area (Å²) in [4.78, 5) is 0. The first-order valence-corrected chi connectivity index (χ1v) is 7.47. The van der Waals surface area contributed by atoms with Gasteiger partial charge in [-0.05, 0) is 23.3 Å². The summed E-state index contributed by atoms with van der Waals surface area (Å²) in [6.07, 6.45) is 1.82. The number of hydrogen-bond acceptors (Lipinski definition) is 3. The summed E-state index contributed by atoms with van der Waals surface area (Å²) in [5, 5.41) is 3.78. The number of halogens is 2. The van der Waals surface area contributed by atoms with E-state index in [1.807, 2.05) is 48.5 Å². The van der Waals surface area contributed by atoms with Crippen LogP contribution in [0.4, 0.5) is 0 Å². The normalized spacial score (nSPS) is 9.83. The number of hydrogen-bond donors (Lipinski definition) is 1. The number of benzene rings is 2. The molecular formula is C18H21Cl2NO2. The van der Waals surface area contributed by atoms with Crippen molar-refractivity contribution in [1.82, 2.24) is 5.32 Å². The van der Waals surface area contributed by atoms with E-state index in [9.17, 15) is 0 Å². The second-order valence-electron chi connectivity index (χ2n) is 4.80.